The number of aliphatic hydroxyl groups is 1. The number of carbonyl (C=O) groups excluding carboxylic acids is 2. The molecule has 1 saturated heterocycles. The molecule has 186 valence electrons. The van der Waals surface area contributed by atoms with Gasteiger partial charge < -0.3 is 19.8 Å². The highest BCUT2D eigenvalue weighted by atomic mass is 16.5. The Kier molecular flexibility index (Phi) is 7.01. The molecule has 7 nitrogen and oxygen atoms in total. The molecule has 2 N–H and O–H groups in total. The quantitative estimate of drug-likeness (QED) is 0.272. The van der Waals surface area contributed by atoms with E-state index < -0.39 is 17.7 Å². The number of amides is 1. The number of aryl methyl sites for hydroxylation is 1. The lowest BCUT2D eigenvalue weighted by molar-refractivity contribution is -0.132. The lowest BCUT2D eigenvalue weighted by Gasteiger charge is -2.27. The largest absolute Gasteiger partial charge is 0.508 e. The zero-order chi connectivity index (χ0) is 26.0. The van der Waals surface area contributed by atoms with Crippen molar-refractivity contribution in [2.75, 3.05) is 30.0 Å². The van der Waals surface area contributed by atoms with Crippen LogP contribution in [0.1, 0.15) is 36.6 Å². The van der Waals surface area contributed by atoms with E-state index in [9.17, 15) is 19.8 Å². The molecule has 1 heterocycles. The number of anilines is 2. The van der Waals surface area contributed by atoms with E-state index in [1.807, 2.05) is 19.1 Å². The molecule has 0 radical (unpaired) electrons. The van der Waals surface area contributed by atoms with Crippen LogP contribution in [-0.2, 0) is 9.59 Å². The van der Waals surface area contributed by atoms with Gasteiger partial charge in [0.05, 0.1) is 18.7 Å². The Morgan fingerprint density at radius 1 is 1.00 bits per heavy atom. The van der Waals surface area contributed by atoms with E-state index >= 15 is 0 Å². The number of phenolic OH excluding ortho intramolecular Hbond substituents is 1. The number of aliphatic hydroxyl groups excluding tert-OH is 1. The van der Waals surface area contributed by atoms with Gasteiger partial charge >= 0.3 is 0 Å². The van der Waals surface area contributed by atoms with Crippen molar-refractivity contribution in [1.82, 2.24) is 0 Å². The highest BCUT2D eigenvalue weighted by Crippen LogP contribution is 2.43. The topological polar surface area (TPSA) is 90.3 Å². The molecule has 3 aromatic rings. The van der Waals surface area contributed by atoms with Crippen molar-refractivity contribution in [3.8, 4) is 11.5 Å². The van der Waals surface area contributed by atoms with Crippen molar-refractivity contribution >= 4 is 28.8 Å². The molecule has 1 atom stereocenters. The number of benzene rings is 3. The molecule has 0 bridgehead atoms. The Morgan fingerprint density at radius 2 is 1.69 bits per heavy atom. The first-order valence-corrected chi connectivity index (χ1v) is 11.9. The zero-order valence-electron chi connectivity index (χ0n) is 20.9. The SMILES string of the molecule is CCN(CC)c1ccc(N2C(=O)C(=O)/C(=C(\O)c3ccc(OC)c(C)c3)C2c2cccc(O)c2)cc1. The second kappa shape index (κ2) is 10.2. The van der Waals surface area contributed by atoms with E-state index in [1.165, 1.54) is 17.0 Å². The lowest BCUT2D eigenvalue weighted by Crippen LogP contribution is -2.29. The van der Waals surface area contributed by atoms with Crippen LogP contribution in [0, 0.1) is 6.92 Å². The monoisotopic (exact) mass is 486 g/mol. The van der Waals surface area contributed by atoms with E-state index in [0.29, 0.717) is 22.6 Å². The third kappa shape index (κ3) is 4.40. The van der Waals surface area contributed by atoms with E-state index in [0.717, 1.165) is 24.3 Å². The van der Waals surface area contributed by atoms with Crippen molar-refractivity contribution in [3.05, 3.63) is 89.0 Å². The first-order chi connectivity index (χ1) is 17.3. The van der Waals surface area contributed by atoms with Gasteiger partial charge in [-0.25, -0.2) is 0 Å². The van der Waals surface area contributed by atoms with Crippen LogP contribution in [0.5, 0.6) is 11.5 Å². The molecule has 1 aliphatic rings. The second-order valence-electron chi connectivity index (χ2n) is 8.64. The van der Waals surface area contributed by atoms with Gasteiger partial charge in [0.1, 0.15) is 17.3 Å². The van der Waals surface area contributed by atoms with Crippen LogP contribution < -0.4 is 14.5 Å². The molecule has 1 unspecified atom stereocenters. The summed E-state index contributed by atoms with van der Waals surface area (Å²) in [4.78, 5) is 30.3. The molecule has 36 heavy (non-hydrogen) atoms. The number of phenols is 1. The van der Waals surface area contributed by atoms with Gasteiger partial charge in [-0.2, -0.15) is 0 Å². The highest BCUT2D eigenvalue weighted by Gasteiger charge is 2.47. The van der Waals surface area contributed by atoms with E-state index in [1.54, 1.807) is 49.6 Å². The summed E-state index contributed by atoms with van der Waals surface area (Å²) in [5.74, 6) is -1.18. The number of carbonyl (C=O) groups is 2. The standard InChI is InChI=1S/C29H30N2O5/c1-5-30(6-2)21-11-13-22(14-12-21)31-26(19-8-7-9-23(32)17-19)25(28(34)29(31)35)27(33)20-10-15-24(36-4)18(3)16-20/h7-17,26,32-33H,5-6H2,1-4H3/b27-25-. The fourth-order valence-corrected chi connectivity index (χ4v) is 4.70. The summed E-state index contributed by atoms with van der Waals surface area (Å²) >= 11 is 0. The predicted molar refractivity (Wildman–Crippen MR) is 141 cm³/mol. The summed E-state index contributed by atoms with van der Waals surface area (Å²) in [6.07, 6.45) is 0. The first-order valence-electron chi connectivity index (χ1n) is 11.9. The Bertz CT molecular complexity index is 1330. The first kappa shape index (κ1) is 24.9. The number of rotatable bonds is 7. The van der Waals surface area contributed by atoms with E-state index in [-0.39, 0.29) is 17.1 Å². The summed E-state index contributed by atoms with van der Waals surface area (Å²) < 4.78 is 5.31. The van der Waals surface area contributed by atoms with Crippen LogP contribution in [0.15, 0.2) is 72.3 Å². The summed E-state index contributed by atoms with van der Waals surface area (Å²) in [5.41, 5.74) is 3.16. The van der Waals surface area contributed by atoms with Crippen LogP contribution in [-0.4, -0.2) is 42.1 Å². The number of Topliss-reactive ketones (excluding diaryl/α,β-unsaturated/α-hetero) is 1. The smallest absolute Gasteiger partial charge is 0.300 e. The van der Waals surface area contributed by atoms with Crippen molar-refractivity contribution in [2.45, 2.75) is 26.8 Å². The Balaban J connectivity index is 1.88. The average molecular weight is 487 g/mol. The average Bonchev–Trinajstić information content (AvgIpc) is 3.15. The van der Waals surface area contributed by atoms with Crippen LogP contribution in [0.3, 0.4) is 0 Å². The molecule has 0 aromatic heterocycles. The van der Waals surface area contributed by atoms with Gasteiger partial charge in [-0.1, -0.05) is 12.1 Å². The highest BCUT2D eigenvalue weighted by molar-refractivity contribution is 6.51. The van der Waals surface area contributed by atoms with Gasteiger partial charge in [0.15, 0.2) is 0 Å². The molecular formula is C29H30N2O5. The Labute approximate surface area is 210 Å². The normalized spacial score (nSPS) is 16.9. The molecule has 4 rings (SSSR count). The molecule has 0 aliphatic carbocycles. The number of nitrogens with zero attached hydrogens (tertiary/aromatic N) is 2. The molecule has 0 saturated carbocycles. The van der Waals surface area contributed by atoms with Gasteiger partial charge in [0.25, 0.3) is 11.7 Å². The van der Waals surface area contributed by atoms with E-state index in [2.05, 4.69) is 18.7 Å². The van der Waals surface area contributed by atoms with Crippen molar-refractivity contribution in [3.63, 3.8) is 0 Å². The summed E-state index contributed by atoms with van der Waals surface area (Å²) in [6, 6.07) is 17.9. The molecule has 3 aromatic carbocycles. The number of ether oxygens (including phenoxy) is 1. The maximum Gasteiger partial charge on any atom is 0.300 e. The van der Waals surface area contributed by atoms with Crippen molar-refractivity contribution in [1.29, 1.82) is 0 Å². The van der Waals surface area contributed by atoms with Crippen molar-refractivity contribution in [2.24, 2.45) is 0 Å². The minimum absolute atomic E-state index is 0.00439. The molecule has 7 heteroatoms. The minimum Gasteiger partial charge on any atom is -0.508 e. The number of aromatic hydroxyl groups is 1. The Morgan fingerprint density at radius 3 is 2.28 bits per heavy atom. The fourth-order valence-electron chi connectivity index (χ4n) is 4.70. The molecule has 1 fully saturated rings. The number of methoxy groups -OCH3 is 1. The third-order valence-corrected chi connectivity index (χ3v) is 6.56. The van der Waals surface area contributed by atoms with Gasteiger partial charge in [0.2, 0.25) is 0 Å². The zero-order valence-corrected chi connectivity index (χ0v) is 20.9. The third-order valence-electron chi connectivity index (χ3n) is 6.56. The number of hydrogen-bond donors (Lipinski definition) is 2. The molecular weight excluding hydrogens is 456 g/mol. The lowest BCUT2D eigenvalue weighted by atomic mass is 9.94. The van der Waals surface area contributed by atoms with Gasteiger partial charge in [-0.3, -0.25) is 14.5 Å². The maximum atomic E-state index is 13.4. The molecule has 0 spiro atoms. The molecule has 1 aliphatic heterocycles. The van der Waals surface area contributed by atoms with Crippen LogP contribution >= 0.6 is 0 Å². The van der Waals surface area contributed by atoms with Crippen LogP contribution in [0.4, 0.5) is 11.4 Å². The Hall–Kier alpha value is -4.26. The van der Waals surface area contributed by atoms with Crippen LogP contribution in [0.2, 0.25) is 0 Å². The maximum absolute atomic E-state index is 13.4. The summed E-state index contributed by atoms with van der Waals surface area (Å²) in [5, 5.41) is 21.5. The predicted octanol–water partition coefficient (Wildman–Crippen LogP) is 5.18. The van der Waals surface area contributed by atoms with Gasteiger partial charge in [-0.05, 0) is 86.5 Å². The second-order valence-corrected chi connectivity index (χ2v) is 8.64. The number of hydrogen-bond acceptors (Lipinski definition) is 6. The summed E-state index contributed by atoms with van der Waals surface area (Å²) in [6.45, 7) is 7.64. The van der Waals surface area contributed by atoms with Crippen LogP contribution in [0.25, 0.3) is 5.76 Å². The molecule has 1 amide bonds. The van der Waals surface area contributed by atoms with E-state index in [4.69, 9.17) is 4.74 Å². The minimum atomic E-state index is -0.918. The van der Waals surface area contributed by atoms with Gasteiger partial charge in [-0.15, -0.1) is 0 Å². The fraction of sp³-hybridized carbons (Fsp3) is 0.241. The van der Waals surface area contributed by atoms with Gasteiger partial charge in [0, 0.05) is 30.0 Å². The summed E-state index contributed by atoms with van der Waals surface area (Å²) in [7, 11) is 1.56. The number of ketones is 1. The van der Waals surface area contributed by atoms with Crippen molar-refractivity contribution < 1.29 is 24.5 Å².